The summed E-state index contributed by atoms with van der Waals surface area (Å²) in [7, 11) is 0. The Morgan fingerprint density at radius 3 is 2.33 bits per heavy atom. The number of hydrogen-bond acceptors (Lipinski definition) is 2. The van der Waals surface area contributed by atoms with Crippen molar-refractivity contribution in [3.63, 3.8) is 0 Å². The molecule has 160 valence electrons. The lowest BCUT2D eigenvalue weighted by molar-refractivity contribution is -0.137. The average molecular weight is 421 g/mol. The van der Waals surface area contributed by atoms with Crippen LogP contribution in [0, 0.1) is 18.2 Å². The minimum Gasteiger partial charge on any atom is -0.339 e. The number of anilines is 1. The average Bonchev–Trinajstić information content (AvgIpc) is 2.88. The number of nitrogens with one attached hydrogen (secondary N) is 1. The zero-order valence-corrected chi connectivity index (χ0v) is 17.2. The second-order valence-corrected chi connectivity index (χ2v) is 8.61. The maximum absolute atomic E-state index is 14.5. The first-order chi connectivity index (χ1) is 13.8. The van der Waals surface area contributed by atoms with Crippen LogP contribution in [0.25, 0.3) is 11.0 Å². The number of nitrogens with zero attached hydrogens (tertiary/aromatic N) is 2. The minimum absolute atomic E-state index is 0.0959. The Labute approximate surface area is 171 Å². The van der Waals surface area contributed by atoms with Crippen LogP contribution < -0.4 is 5.32 Å². The van der Waals surface area contributed by atoms with E-state index >= 15 is 0 Å². The maximum atomic E-state index is 14.5. The van der Waals surface area contributed by atoms with Gasteiger partial charge in [-0.3, -0.25) is 4.79 Å². The molecule has 0 fully saturated rings. The fraction of sp³-hybridized carbons (Fsp3) is 0.364. The third-order valence-corrected chi connectivity index (χ3v) is 4.58. The van der Waals surface area contributed by atoms with Crippen molar-refractivity contribution < 1.29 is 22.4 Å². The van der Waals surface area contributed by atoms with Gasteiger partial charge in [0.05, 0.1) is 11.1 Å². The van der Waals surface area contributed by atoms with Crippen LogP contribution in [0.15, 0.2) is 36.5 Å². The third-order valence-electron chi connectivity index (χ3n) is 4.58. The fourth-order valence-corrected chi connectivity index (χ4v) is 3.17. The zero-order chi connectivity index (χ0) is 22.3. The molecule has 0 spiro atoms. The van der Waals surface area contributed by atoms with Crippen molar-refractivity contribution >= 4 is 22.8 Å². The second-order valence-electron chi connectivity index (χ2n) is 8.61. The quantitative estimate of drug-likeness (QED) is 0.531. The number of benzene rings is 1. The predicted octanol–water partition coefficient (Wildman–Crippen LogP) is 5.93. The first kappa shape index (κ1) is 21.8. The van der Waals surface area contributed by atoms with Crippen LogP contribution in [0.3, 0.4) is 0 Å². The molecule has 0 aliphatic heterocycles. The molecule has 0 atom stereocenters. The molecule has 4 nitrogen and oxygen atoms in total. The van der Waals surface area contributed by atoms with Crippen molar-refractivity contribution in [1.82, 2.24) is 9.55 Å². The highest BCUT2D eigenvalue weighted by Crippen LogP contribution is 2.30. The highest BCUT2D eigenvalue weighted by Gasteiger charge is 2.30. The molecule has 0 bridgehead atoms. The molecule has 0 aliphatic rings. The van der Waals surface area contributed by atoms with E-state index in [-0.39, 0.29) is 23.4 Å². The summed E-state index contributed by atoms with van der Waals surface area (Å²) in [6, 6.07) is 6.46. The van der Waals surface area contributed by atoms with Gasteiger partial charge in [0.25, 0.3) is 0 Å². The van der Waals surface area contributed by atoms with E-state index in [2.05, 4.69) is 10.3 Å². The Morgan fingerprint density at radius 2 is 1.77 bits per heavy atom. The first-order valence-corrected chi connectivity index (χ1v) is 9.45. The van der Waals surface area contributed by atoms with Crippen molar-refractivity contribution in [2.45, 2.75) is 46.8 Å². The van der Waals surface area contributed by atoms with E-state index in [1.165, 1.54) is 18.3 Å². The van der Waals surface area contributed by atoms with Gasteiger partial charge < -0.3 is 9.88 Å². The summed E-state index contributed by atoms with van der Waals surface area (Å²) in [6.45, 7) is 7.77. The highest BCUT2D eigenvalue weighted by atomic mass is 19.4. The van der Waals surface area contributed by atoms with Crippen LogP contribution in [0.4, 0.5) is 23.4 Å². The summed E-state index contributed by atoms with van der Waals surface area (Å²) in [5.41, 5.74) is 0.926. The summed E-state index contributed by atoms with van der Waals surface area (Å²) in [5.74, 6) is -0.479. The highest BCUT2D eigenvalue weighted by molar-refractivity contribution is 5.92. The molecule has 2 heterocycles. The van der Waals surface area contributed by atoms with Gasteiger partial charge in [-0.25, -0.2) is 9.37 Å². The normalized spacial score (nSPS) is 12.4. The van der Waals surface area contributed by atoms with E-state index in [0.717, 1.165) is 12.1 Å². The topological polar surface area (TPSA) is 46.9 Å². The fourth-order valence-electron chi connectivity index (χ4n) is 3.17. The summed E-state index contributed by atoms with van der Waals surface area (Å²) >= 11 is 0. The van der Waals surface area contributed by atoms with Gasteiger partial charge in [0.2, 0.25) is 5.91 Å². The standard InChI is InChI=1S/C22H23F4N3O/c1-13-9-17-19(28-20(13)27-18(30)10-21(2,3)4)16(23)12-29(17)11-14-5-7-15(8-6-14)22(24,25)26/h5-9,12H,10-11H2,1-4H3,(H,27,28,30). The van der Waals surface area contributed by atoms with Crippen molar-refractivity contribution in [3.8, 4) is 0 Å². The lowest BCUT2D eigenvalue weighted by Crippen LogP contribution is -2.20. The van der Waals surface area contributed by atoms with Crippen LogP contribution in [0.5, 0.6) is 0 Å². The molecule has 0 aliphatic carbocycles. The Kier molecular flexibility index (Phi) is 5.62. The van der Waals surface area contributed by atoms with Gasteiger partial charge in [-0.15, -0.1) is 0 Å². The largest absolute Gasteiger partial charge is 0.416 e. The lowest BCUT2D eigenvalue weighted by atomic mass is 9.92. The van der Waals surface area contributed by atoms with Crippen molar-refractivity contribution in [1.29, 1.82) is 0 Å². The van der Waals surface area contributed by atoms with Crippen molar-refractivity contribution in [2.75, 3.05) is 5.32 Å². The van der Waals surface area contributed by atoms with E-state index < -0.39 is 17.6 Å². The van der Waals surface area contributed by atoms with E-state index in [0.29, 0.717) is 28.9 Å². The van der Waals surface area contributed by atoms with Gasteiger partial charge in [-0.2, -0.15) is 13.2 Å². The molecule has 0 saturated carbocycles. The third kappa shape index (κ3) is 4.98. The molecule has 30 heavy (non-hydrogen) atoms. The number of carbonyl (C=O) groups is 1. The Bertz CT molecular complexity index is 1080. The van der Waals surface area contributed by atoms with Gasteiger partial charge in [-0.1, -0.05) is 32.9 Å². The van der Waals surface area contributed by atoms with E-state index in [1.807, 2.05) is 20.8 Å². The molecular weight excluding hydrogens is 398 g/mol. The van der Waals surface area contributed by atoms with Gasteiger partial charge in [0.15, 0.2) is 5.82 Å². The number of alkyl halides is 3. The van der Waals surface area contributed by atoms with Gasteiger partial charge in [0.1, 0.15) is 11.3 Å². The number of halogens is 4. The van der Waals surface area contributed by atoms with Gasteiger partial charge in [-0.05, 0) is 41.7 Å². The molecule has 0 unspecified atom stereocenters. The van der Waals surface area contributed by atoms with Crippen LogP contribution in [0.2, 0.25) is 0 Å². The van der Waals surface area contributed by atoms with Gasteiger partial charge >= 0.3 is 6.18 Å². The Morgan fingerprint density at radius 1 is 1.13 bits per heavy atom. The smallest absolute Gasteiger partial charge is 0.339 e. The van der Waals surface area contributed by atoms with E-state index in [9.17, 15) is 22.4 Å². The Balaban J connectivity index is 1.88. The van der Waals surface area contributed by atoms with Crippen molar-refractivity contribution in [3.05, 3.63) is 59.0 Å². The molecule has 0 saturated heterocycles. The van der Waals surface area contributed by atoms with Crippen LogP contribution >= 0.6 is 0 Å². The summed E-state index contributed by atoms with van der Waals surface area (Å²) in [6.07, 6.45) is -2.85. The molecular formula is C22H23F4N3O. The van der Waals surface area contributed by atoms with Crippen LogP contribution in [-0.4, -0.2) is 15.5 Å². The molecule has 1 N–H and O–H groups in total. The molecule has 2 aromatic heterocycles. The molecule has 8 heteroatoms. The predicted molar refractivity (Wildman–Crippen MR) is 108 cm³/mol. The van der Waals surface area contributed by atoms with E-state index in [4.69, 9.17) is 0 Å². The lowest BCUT2D eigenvalue weighted by Gasteiger charge is -2.17. The first-order valence-electron chi connectivity index (χ1n) is 9.45. The number of rotatable bonds is 4. The summed E-state index contributed by atoms with van der Waals surface area (Å²) in [4.78, 5) is 16.5. The molecule has 1 amide bonds. The van der Waals surface area contributed by atoms with Crippen LogP contribution in [-0.2, 0) is 17.5 Å². The Hall–Kier alpha value is -2.90. The SMILES string of the molecule is Cc1cc2c(nc1NC(=O)CC(C)(C)C)c(F)cn2Cc1ccc(C(F)(F)F)cc1. The summed E-state index contributed by atoms with van der Waals surface area (Å²) < 4.78 is 54.3. The number of fused-ring (bicyclic) bond motifs is 1. The molecule has 1 aromatic carbocycles. The van der Waals surface area contributed by atoms with Crippen molar-refractivity contribution in [2.24, 2.45) is 5.41 Å². The second kappa shape index (κ2) is 7.74. The number of carbonyl (C=O) groups excluding carboxylic acids is 1. The number of amides is 1. The van der Waals surface area contributed by atoms with Gasteiger partial charge in [0, 0.05) is 19.2 Å². The maximum Gasteiger partial charge on any atom is 0.416 e. The number of hydrogen-bond donors (Lipinski definition) is 1. The molecule has 3 rings (SSSR count). The molecule has 0 radical (unpaired) electrons. The van der Waals surface area contributed by atoms with E-state index in [1.54, 1.807) is 17.6 Å². The zero-order valence-electron chi connectivity index (χ0n) is 17.2. The number of aryl methyl sites for hydroxylation is 1. The molecule has 3 aromatic rings. The summed E-state index contributed by atoms with van der Waals surface area (Å²) in [5, 5.41) is 2.73. The minimum atomic E-state index is -4.40. The number of aromatic nitrogens is 2. The van der Waals surface area contributed by atoms with Crippen LogP contribution in [0.1, 0.15) is 43.9 Å². The monoisotopic (exact) mass is 421 g/mol. The number of pyridine rings is 1.